The molecular formula is C5H5N5O2. The van der Waals surface area contributed by atoms with Gasteiger partial charge in [-0.25, -0.2) is 4.63 Å². The first-order chi connectivity index (χ1) is 5.77. The molecule has 2 N–H and O–H groups in total. The summed E-state index contributed by atoms with van der Waals surface area (Å²) in [5.41, 5.74) is 5.66. The molecule has 0 saturated carbocycles. The normalized spacial score (nSPS) is 10.4. The van der Waals surface area contributed by atoms with Crippen molar-refractivity contribution < 1.29 is 9.15 Å². The number of hydrogen-bond donors (Lipinski definition) is 1. The molecule has 0 aromatic carbocycles. The van der Waals surface area contributed by atoms with Gasteiger partial charge in [0.15, 0.2) is 5.82 Å². The molecule has 0 aliphatic rings. The van der Waals surface area contributed by atoms with Crippen molar-refractivity contribution in [1.29, 1.82) is 0 Å². The van der Waals surface area contributed by atoms with E-state index in [0.29, 0.717) is 5.82 Å². The van der Waals surface area contributed by atoms with E-state index >= 15 is 0 Å². The van der Waals surface area contributed by atoms with E-state index in [1.54, 1.807) is 6.92 Å². The van der Waals surface area contributed by atoms with Crippen molar-refractivity contribution >= 4 is 5.82 Å². The second-order valence-corrected chi connectivity index (χ2v) is 2.14. The number of nitrogen functional groups attached to an aromatic ring is 1. The summed E-state index contributed by atoms with van der Waals surface area (Å²) in [5, 5.41) is 10.4. The molecule has 0 unspecified atom stereocenters. The molecule has 2 rings (SSSR count). The highest BCUT2D eigenvalue weighted by Crippen LogP contribution is 2.18. The molecule has 0 fully saturated rings. The van der Waals surface area contributed by atoms with Gasteiger partial charge in [0.25, 0.3) is 5.89 Å². The topological polar surface area (TPSA) is 104 Å². The average molecular weight is 167 g/mol. The molecule has 0 amide bonds. The lowest BCUT2D eigenvalue weighted by Gasteiger charge is -1.82. The molecule has 2 aromatic rings. The van der Waals surface area contributed by atoms with E-state index in [1.807, 2.05) is 0 Å². The quantitative estimate of drug-likeness (QED) is 0.637. The van der Waals surface area contributed by atoms with Crippen LogP contribution >= 0.6 is 0 Å². The zero-order valence-corrected chi connectivity index (χ0v) is 6.18. The van der Waals surface area contributed by atoms with E-state index in [1.165, 1.54) is 0 Å². The molecule has 62 valence electrons. The van der Waals surface area contributed by atoms with Gasteiger partial charge in [-0.3, -0.25) is 0 Å². The second kappa shape index (κ2) is 2.29. The van der Waals surface area contributed by atoms with Gasteiger partial charge in [0, 0.05) is 0 Å². The number of hydrogen-bond acceptors (Lipinski definition) is 7. The predicted molar refractivity (Wildman–Crippen MR) is 36.7 cm³/mol. The molecule has 0 aliphatic heterocycles. The number of anilines is 1. The summed E-state index contributed by atoms with van der Waals surface area (Å²) in [5.74, 6) is 0.859. The van der Waals surface area contributed by atoms with Crippen LogP contribution in [0.1, 0.15) is 5.82 Å². The van der Waals surface area contributed by atoms with E-state index in [0.717, 1.165) is 0 Å². The van der Waals surface area contributed by atoms with Crippen LogP contribution in [0.5, 0.6) is 0 Å². The van der Waals surface area contributed by atoms with Gasteiger partial charge in [-0.1, -0.05) is 5.16 Å². The lowest BCUT2D eigenvalue weighted by Crippen LogP contribution is -1.88. The van der Waals surface area contributed by atoms with E-state index in [2.05, 4.69) is 25.1 Å². The Balaban J connectivity index is 2.50. The van der Waals surface area contributed by atoms with Crippen LogP contribution in [0, 0.1) is 6.92 Å². The van der Waals surface area contributed by atoms with Crippen LogP contribution in [0.3, 0.4) is 0 Å². The first kappa shape index (κ1) is 6.77. The highest BCUT2D eigenvalue weighted by atomic mass is 16.6. The zero-order valence-electron chi connectivity index (χ0n) is 6.18. The summed E-state index contributed by atoms with van der Waals surface area (Å²) in [7, 11) is 0. The van der Waals surface area contributed by atoms with Crippen LogP contribution in [0.2, 0.25) is 0 Å². The maximum absolute atomic E-state index is 5.39. The monoisotopic (exact) mass is 167 g/mol. The number of nitrogens with zero attached hydrogens (tertiary/aromatic N) is 4. The molecule has 0 bridgehead atoms. The van der Waals surface area contributed by atoms with Crippen molar-refractivity contribution in [2.75, 3.05) is 5.73 Å². The molecule has 2 aromatic heterocycles. The molecule has 0 aliphatic carbocycles. The molecule has 0 spiro atoms. The van der Waals surface area contributed by atoms with Crippen molar-refractivity contribution in [1.82, 2.24) is 20.5 Å². The van der Waals surface area contributed by atoms with Gasteiger partial charge in [-0.05, 0) is 17.2 Å². The minimum atomic E-state index is 0.138. The van der Waals surface area contributed by atoms with Crippen molar-refractivity contribution in [2.24, 2.45) is 0 Å². The highest BCUT2D eigenvalue weighted by molar-refractivity contribution is 5.60. The first-order valence-electron chi connectivity index (χ1n) is 3.16. The van der Waals surface area contributed by atoms with Crippen LogP contribution in [-0.4, -0.2) is 20.5 Å². The second-order valence-electron chi connectivity index (χ2n) is 2.14. The molecule has 7 nitrogen and oxygen atoms in total. The number of nitrogens with two attached hydrogens (primary N) is 1. The molecule has 0 radical (unpaired) electrons. The SMILES string of the molecule is Cc1noc(-c2nonc2N)n1. The molecule has 12 heavy (non-hydrogen) atoms. The molecule has 7 heteroatoms. The van der Waals surface area contributed by atoms with Crippen LogP contribution in [-0.2, 0) is 0 Å². The van der Waals surface area contributed by atoms with Gasteiger partial charge in [0.1, 0.15) is 0 Å². The van der Waals surface area contributed by atoms with Gasteiger partial charge in [-0.15, -0.1) is 0 Å². The van der Waals surface area contributed by atoms with Gasteiger partial charge >= 0.3 is 0 Å². The third-order valence-corrected chi connectivity index (χ3v) is 1.24. The Kier molecular flexibility index (Phi) is 1.29. The summed E-state index contributed by atoms with van der Waals surface area (Å²) < 4.78 is 9.14. The Bertz CT molecular complexity index is 392. The number of aryl methyl sites for hydroxylation is 1. The first-order valence-corrected chi connectivity index (χ1v) is 3.16. The number of rotatable bonds is 1. The van der Waals surface area contributed by atoms with E-state index in [9.17, 15) is 0 Å². The van der Waals surface area contributed by atoms with Crippen molar-refractivity contribution in [3.8, 4) is 11.6 Å². The molecular weight excluding hydrogens is 162 g/mol. The lowest BCUT2D eigenvalue weighted by molar-refractivity contribution is 0.308. The molecule has 2 heterocycles. The van der Waals surface area contributed by atoms with Gasteiger partial charge in [0.05, 0.1) is 0 Å². The maximum atomic E-state index is 5.39. The smallest absolute Gasteiger partial charge is 0.284 e. The minimum absolute atomic E-state index is 0.138. The fourth-order valence-electron chi connectivity index (χ4n) is 0.737. The average Bonchev–Trinajstić information content (AvgIpc) is 2.58. The fraction of sp³-hybridized carbons (Fsp3) is 0.200. The van der Waals surface area contributed by atoms with E-state index < -0.39 is 0 Å². The Hall–Kier alpha value is -1.92. The van der Waals surface area contributed by atoms with Gasteiger partial charge < -0.3 is 10.3 Å². The third kappa shape index (κ3) is 0.911. The van der Waals surface area contributed by atoms with Crippen molar-refractivity contribution in [2.45, 2.75) is 6.92 Å². The summed E-state index contributed by atoms with van der Waals surface area (Å²) >= 11 is 0. The summed E-state index contributed by atoms with van der Waals surface area (Å²) in [6.07, 6.45) is 0. The largest absolute Gasteiger partial charge is 0.379 e. The Labute approximate surface area is 66.5 Å². The summed E-state index contributed by atoms with van der Waals surface area (Å²) in [4.78, 5) is 3.89. The third-order valence-electron chi connectivity index (χ3n) is 1.24. The Morgan fingerprint density at radius 1 is 1.25 bits per heavy atom. The van der Waals surface area contributed by atoms with Crippen LogP contribution in [0.15, 0.2) is 9.15 Å². The predicted octanol–water partition coefficient (Wildman–Crippen LogP) is 0.0102. The fourth-order valence-corrected chi connectivity index (χ4v) is 0.737. The highest BCUT2D eigenvalue weighted by Gasteiger charge is 2.15. The van der Waals surface area contributed by atoms with Crippen LogP contribution < -0.4 is 5.73 Å². The van der Waals surface area contributed by atoms with Crippen LogP contribution in [0.4, 0.5) is 5.82 Å². The van der Waals surface area contributed by atoms with E-state index in [4.69, 9.17) is 10.3 Å². The minimum Gasteiger partial charge on any atom is -0.379 e. The zero-order chi connectivity index (χ0) is 8.55. The number of aromatic nitrogens is 4. The molecule has 0 atom stereocenters. The standard InChI is InChI=1S/C5H5N5O2/c1-2-7-5(11-8-2)3-4(6)10-12-9-3/h1H3,(H2,6,10). The van der Waals surface area contributed by atoms with Crippen molar-refractivity contribution in [3.05, 3.63) is 5.82 Å². The van der Waals surface area contributed by atoms with Crippen molar-refractivity contribution in [3.63, 3.8) is 0 Å². The Morgan fingerprint density at radius 2 is 2.08 bits per heavy atom. The summed E-state index contributed by atoms with van der Waals surface area (Å²) in [6.45, 7) is 1.69. The maximum Gasteiger partial charge on any atom is 0.284 e. The Morgan fingerprint density at radius 3 is 2.58 bits per heavy atom. The van der Waals surface area contributed by atoms with Gasteiger partial charge in [0.2, 0.25) is 11.5 Å². The molecule has 0 saturated heterocycles. The lowest BCUT2D eigenvalue weighted by atomic mass is 10.4. The summed E-state index contributed by atoms with van der Waals surface area (Å²) in [6, 6.07) is 0. The van der Waals surface area contributed by atoms with Crippen LogP contribution in [0.25, 0.3) is 11.6 Å². The van der Waals surface area contributed by atoms with Gasteiger partial charge in [-0.2, -0.15) is 4.98 Å². The van der Waals surface area contributed by atoms with E-state index in [-0.39, 0.29) is 17.4 Å².